The topological polar surface area (TPSA) is 57.5 Å². The summed E-state index contributed by atoms with van der Waals surface area (Å²) in [6, 6.07) is 0. The maximum atomic E-state index is 10.5. The Kier molecular flexibility index (Phi) is 7.33. The van der Waals surface area contributed by atoms with Crippen LogP contribution in [-0.4, -0.2) is 27.1 Å². The van der Waals surface area contributed by atoms with Crippen molar-refractivity contribution < 1.29 is 15.0 Å². The van der Waals surface area contributed by atoms with Crippen LogP contribution in [0.2, 0.25) is 0 Å². The standard InChI is InChI=1S/C9H16Cl2O3/c1-2-3-6(5-8(13)14)4-7(12)9(10)11/h6-7,9,12H,2-5H2,1H3,(H,13,14). The van der Waals surface area contributed by atoms with E-state index in [2.05, 4.69) is 0 Å². The minimum absolute atomic E-state index is 0.0486. The molecule has 0 aromatic carbocycles. The van der Waals surface area contributed by atoms with Crippen molar-refractivity contribution in [1.29, 1.82) is 0 Å². The Morgan fingerprint density at radius 1 is 1.43 bits per heavy atom. The van der Waals surface area contributed by atoms with Gasteiger partial charge in [0.25, 0.3) is 0 Å². The normalized spacial score (nSPS) is 15.5. The number of carboxylic acid groups (broad SMARTS) is 1. The summed E-state index contributed by atoms with van der Waals surface area (Å²) in [5.41, 5.74) is 0. The number of aliphatic hydroxyl groups is 1. The Bertz CT molecular complexity index is 173. The molecule has 2 atom stereocenters. The molecular formula is C9H16Cl2O3. The smallest absolute Gasteiger partial charge is 0.303 e. The summed E-state index contributed by atoms with van der Waals surface area (Å²) in [4.78, 5) is 9.64. The predicted molar refractivity (Wildman–Crippen MR) is 56.8 cm³/mol. The second kappa shape index (κ2) is 7.32. The lowest BCUT2D eigenvalue weighted by Gasteiger charge is -2.18. The molecule has 0 saturated carbocycles. The van der Waals surface area contributed by atoms with Gasteiger partial charge in [0.15, 0.2) is 0 Å². The van der Waals surface area contributed by atoms with E-state index in [1.807, 2.05) is 6.92 Å². The number of carboxylic acids is 1. The summed E-state index contributed by atoms with van der Waals surface area (Å²) < 4.78 is 0. The first kappa shape index (κ1) is 14.0. The average Bonchev–Trinajstić information content (AvgIpc) is 2.02. The lowest BCUT2D eigenvalue weighted by Crippen LogP contribution is -2.21. The summed E-state index contributed by atoms with van der Waals surface area (Å²) >= 11 is 11.0. The Labute approximate surface area is 94.0 Å². The van der Waals surface area contributed by atoms with Gasteiger partial charge in [-0.3, -0.25) is 4.79 Å². The third-order valence-corrected chi connectivity index (χ3v) is 2.61. The van der Waals surface area contributed by atoms with Crippen LogP contribution in [0.1, 0.15) is 32.6 Å². The molecule has 0 aromatic heterocycles. The highest BCUT2D eigenvalue weighted by atomic mass is 35.5. The Morgan fingerprint density at radius 3 is 2.36 bits per heavy atom. The zero-order valence-electron chi connectivity index (χ0n) is 8.12. The fraction of sp³-hybridized carbons (Fsp3) is 0.889. The van der Waals surface area contributed by atoms with Crippen LogP contribution in [0.25, 0.3) is 0 Å². The van der Waals surface area contributed by atoms with Crippen molar-refractivity contribution in [2.45, 2.75) is 43.5 Å². The molecule has 3 nitrogen and oxygen atoms in total. The zero-order chi connectivity index (χ0) is 11.1. The van der Waals surface area contributed by atoms with Gasteiger partial charge in [-0.05, 0) is 12.3 Å². The quantitative estimate of drug-likeness (QED) is 0.675. The molecule has 0 saturated heterocycles. The number of alkyl halides is 2. The first-order valence-electron chi connectivity index (χ1n) is 4.65. The van der Waals surface area contributed by atoms with Gasteiger partial charge in [-0.2, -0.15) is 0 Å². The monoisotopic (exact) mass is 242 g/mol. The summed E-state index contributed by atoms with van der Waals surface area (Å²) in [6.45, 7) is 1.97. The van der Waals surface area contributed by atoms with Gasteiger partial charge in [-0.15, -0.1) is 23.2 Å². The molecule has 0 fully saturated rings. The molecular weight excluding hydrogens is 227 g/mol. The van der Waals surface area contributed by atoms with Crippen LogP contribution in [0, 0.1) is 5.92 Å². The van der Waals surface area contributed by atoms with Crippen molar-refractivity contribution in [2.24, 2.45) is 5.92 Å². The van der Waals surface area contributed by atoms with Crippen molar-refractivity contribution in [1.82, 2.24) is 0 Å². The molecule has 0 aliphatic heterocycles. The fourth-order valence-electron chi connectivity index (χ4n) is 1.40. The van der Waals surface area contributed by atoms with Crippen molar-refractivity contribution in [3.05, 3.63) is 0 Å². The first-order valence-corrected chi connectivity index (χ1v) is 5.52. The number of hydrogen-bond donors (Lipinski definition) is 2. The molecule has 0 heterocycles. The zero-order valence-corrected chi connectivity index (χ0v) is 9.63. The van der Waals surface area contributed by atoms with E-state index in [0.717, 1.165) is 12.8 Å². The van der Waals surface area contributed by atoms with Gasteiger partial charge in [0.05, 0.1) is 6.10 Å². The molecule has 14 heavy (non-hydrogen) atoms. The molecule has 0 radical (unpaired) electrons. The molecule has 2 unspecified atom stereocenters. The van der Waals surface area contributed by atoms with Gasteiger partial charge in [0.2, 0.25) is 0 Å². The highest BCUT2D eigenvalue weighted by Gasteiger charge is 2.20. The minimum atomic E-state index is -0.851. The first-order chi connectivity index (χ1) is 6.47. The molecule has 0 bridgehead atoms. The molecule has 0 aliphatic carbocycles. The molecule has 0 amide bonds. The number of aliphatic hydroxyl groups excluding tert-OH is 1. The highest BCUT2D eigenvalue weighted by Crippen LogP contribution is 2.22. The molecule has 0 rings (SSSR count). The van der Waals surface area contributed by atoms with Crippen LogP contribution < -0.4 is 0 Å². The summed E-state index contributed by atoms with van der Waals surface area (Å²) in [5.74, 6) is -0.899. The third kappa shape index (κ3) is 6.46. The van der Waals surface area contributed by atoms with E-state index in [1.54, 1.807) is 0 Å². The summed E-state index contributed by atoms with van der Waals surface area (Å²) in [6.07, 6.45) is 1.22. The third-order valence-electron chi connectivity index (χ3n) is 2.03. The average molecular weight is 243 g/mol. The number of hydrogen-bond acceptors (Lipinski definition) is 2. The van der Waals surface area contributed by atoms with Crippen LogP contribution in [0.15, 0.2) is 0 Å². The molecule has 2 N–H and O–H groups in total. The number of carbonyl (C=O) groups is 1. The van der Waals surface area contributed by atoms with Crippen molar-refractivity contribution in [3.8, 4) is 0 Å². The van der Waals surface area contributed by atoms with Gasteiger partial charge in [-0.1, -0.05) is 19.8 Å². The number of halogens is 2. The second-order valence-electron chi connectivity index (χ2n) is 3.39. The SMILES string of the molecule is CCCC(CC(=O)O)CC(O)C(Cl)Cl. The molecule has 5 heteroatoms. The van der Waals surface area contributed by atoms with Crippen LogP contribution >= 0.6 is 23.2 Å². The lowest BCUT2D eigenvalue weighted by molar-refractivity contribution is -0.138. The van der Waals surface area contributed by atoms with Gasteiger partial charge in [0, 0.05) is 6.42 Å². The van der Waals surface area contributed by atoms with E-state index in [0.29, 0.717) is 6.42 Å². The van der Waals surface area contributed by atoms with Gasteiger partial charge in [-0.25, -0.2) is 0 Å². The van der Waals surface area contributed by atoms with Gasteiger partial charge >= 0.3 is 5.97 Å². The van der Waals surface area contributed by atoms with Gasteiger partial charge < -0.3 is 10.2 Å². The second-order valence-corrected chi connectivity index (χ2v) is 4.55. The van der Waals surface area contributed by atoms with Crippen molar-refractivity contribution in [3.63, 3.8) is 0 Å². The van der Waals surface area contributed by atoms with Crippen molar-refractivity contribution in [2.75, 3.05) is 0 Å². The molecule has 0 aromatic rings. The predicted octanol–water partition coefficient (Wildman–Crippen LogP) is 2.43. The molecule has 0 spiro atoms. The summed E-state index contributed by atoms with van der Waals surface area (Å²) in [7, 11) is 0. The van der Waals surface area contributed by atoms with E-state index in [1.165, 1.54) is 0 Å². The van der Waals surface area contributed by atoms with E-state index in [-0.39, 0.29) is 12.3 Å². The number of aliphatic carboxylic acids is 1. The van der Waals surface area contributed by atoms with Crippen LogP contribution in [0.5, 0.6) is 0 Å². The van der Waals surface area contributed by atoms with Crippen molar-refractivity contribution >= 4 is 29.2 Å². The van der Waals surface area contributed by atoms with E-state index < -0.39 is 16.9 Å². The van der Waals surface area contributed by atoms with E-state index in [9.17, 15) is 9.90 Å². The van der Waals surface area contributed by atoms with E-state index >= 15 is 0 Å². The Morgan fingerprint density at radius 2 is 2.00 bits per heavy atom. The van der Waals surface area contributed by atoms with Crippen LogP contribution in [0.4, 0.5) is 0 Å². The van der Waals surface area contributed by atoms with Crippen LogP contribution in [0.3, 0.4) is 0 Å². The maximum Gasteiger partial charge on any atom is 0.303 e. The highest BCUT2D eigenvalue weighted by molar-refractivity contribution is 6.44. The fourth-order valence-corrected chi connectivity index (χ4v) is 1.61. The van der Waals surface area contributed by atoms with Gasteiger partial charge in [0.1, 0.15) is 4.84 Å². The Balaban J connectivity index is 4.01. The molecule has 0 aliphatic rings. The summed E-state index contributed by atoms with van der Waals surface area (Å²) in [5, 5.41) is 18.0. The van der Waals surface area contributed by atoms with E-state index in [4.69, 9.17) is 28.3 Å². The minimum Gasteiger partial charge on any atom is -0.481 e. The largest absolute Gasteiger partial charge is 0.481 e. The maximum absolute atomic E-state index is 10.5. The number of rotatable bonds is 7. The van der Waals surface area contributed by atoms with Crippen LogP contribution in [-0.2, 0) is 4.79 Å². The molecule has 84 valence electrons. The Hall–Kier alpha value is 0.01000. The lowest BCUT2D eigenvalue weighted by atomic mass is 9.94.